The number of rotatable bonds is 2. The van der Waals surface area contributed by atoms with Crippen LogP contribution in [0.15, 0.2) is 18.2 Å². The van der Waals surface area contributed by atoms with E-state index in [1.165, 1.54) is 14.2 Å². The standard InChI is InChI=1S/C10H13NO3/c1-7-5-4-6-8(9(7)12)10(13)11(2)14-3/h4-6,12H,1-3H3. The van der Waals surface area contributed by atoms with Crippen molar-refractivity contribution in [3.8, 4) is 5.75 Å². The molecule has 0 aliphatic carbocycles. The summed E-state index contributed by atoms with van der Waals surface area (Å²) < 4.78 is 0. The van der Waals surface area contributed by atoms with Crippen LogP contribution in [-0.4, -0.2) is 30.2 Å². The van der Waals surface area contributed by atoms with Crippen LogP contribution in [0.25, 0.3) is 0 Å². The topological polar surface area (TPSA) is 49.8 Å². The fourth-order valence-corrected chi connectivity index (χ4v) is 1.08. The lowest BCUT2D eigenvalue weighted by atomic mass is 10.1. The molecule has 1 aromatic carbocycles. The van der Waals surface area contributed by atoms with Crippen molar-refractivity contribution in [2.24, 2.45) is 0 Å². The van der Waals surface area contributed by atoms with Crippen LogP contribution < -0.4 is 0 Å². The summed E-state index contributed by atoms with van der Waals surface area (Å²) in [5.74, 6) is -0.366. The van der Waals surface area contributed by atoms with Gasteiger partial charge in [-0.15, -0.1) is 0 Å². The number of phenolic OH excluding ortho intramolecular Hbond substituents is 1. The molecule has 76 valence electrons. The van der Waals surface area contributed by atoms with Crippen LogP contribution in [0.2, 0.25) is 0 Å². The molecule has 1 N–H and O–H groups in total. The van der Waals surface area contributed by atoms with Crippen LogP contribution in [0, 0.1) is 6.92 Å². The van der Waals surface area contributed by atoms with Gasteiger partial charge in [0.05, 0.1) is 12.7 Å². The molecule has 4 nitrogen and oxygen atoms in total. The SMILES string of the molecule is CON(C)C(=O)c1cccc(C)c1O. The summed E-state index contributed by atoms with van der Waals surface area (Å²) in [6.07, 6.45) is 0. The molecule has 0 aromatic heterocycles. The Morgan fingerprint density at radius 3 is 2.71 bits per heavy atom. The van der Waals surface area contributed by atoms with Crippen molar-refractivity contribution in [2.75, 3.05) is 14.2 Å². The summed E-state index contributed by atoms with van der Waals surface area (Å²) in [6, 6.07) is 5.00. The summed E-state index contributed by atoms with van der Waals surface area (Å²) in [6.45, 7) is 1.74. The third-order valence-corrected chi connectivity index (χ3v) is 2.03. The van der Waals surface area contributed by atoms with E-state index >= 15 is 0 Å². The highest BCUT2D eigenvalue weighted by Gasteiger charge is 2.16. The number of hydroxylamine groups is 2. The van der Waals surface area contributed by atoms with Gasteiger partial charge in [-0.3, -0.25) is 9.63 Å². The van der Waals surface area contributed by atoms with Crippen LogP contribution in [0.3, 0.4) is 0 Å². The molecule has 0 atom stereocenters. The van der Waals surface area contributed by atoms with Crippen molar-refractivity contribution in [3.63, 3.8) is 0 Å². The molecule has 0 saturated heterocycles. The zero-order valence-electron chi connectivity index (χ0n) is 8.44. The number of phenols is 1. The van der Waals surface area contributed by atoms with E-state index in [1.54, 1.807) is 25.1 Å². The largest absolute Gasteiger partial charge is 0.507 e. The third kappa shape index (κ3) is 1.85. The van der Waals surface area contributed by atoms with Gasteiger partial charge < -0.3 is 5.11 Å². The van der Waals surface area contributed by atoms with Gasteiger partial charge in [-0.05, 0) is 18.6 Å². The summed E-state index contributed by atoms with van der Waals surface area (Å²) in [5, 5.41) is 10.7. The summed E-state index contributed by atoms with van der Waals surface area (Å²) in [7, 11) is 2.88. The average Bonchev–Trinajstić information content (AvgIpc) is 2.20. The Labute approximate surface area is 82.7 Å². The fourth-order valence-electron chi connectivity index (χ4n) is 1.08. The molecule has 0 bridgehead atoms. The Balaban J connectivity index is 3.07. The Morgan fingerprint density at radius 2 is 2.14 bits per heavy atom. The molecule has 0 radical (unpaired) electrons. The van der Waals surface area contributed by atoms with Crippen molar-refractivity contribution >= 4 is 5.91 Å². The maximum atomic E-state index is 11.6. The van der Waals surface area contributed by atoms with Crippen LogP contribution in [0.4, 0.5) is 0 Å². The highest BCUT2D eigenvalue weighted by atomic mass is 16.7. The number of para-hydroxylation sites is 1. The van der Waals surface area contributed by atoms with Crippen molar-refractivity contribution in [3.05, 3.63) is 29.3 Å². The summed E-state index contributed by atoms with van der Waals surface area (Å²) in [5.41, 5.74) is 0.912. The smallest absolute Gasteiger partial charge is 0.280 e. The molecule has 0 spiro atoms. The second kappa shape index (κ2) is 4.11. The molecule has 0 saturated carbocycles. The van der Waals surface area contributed by atoms with Gasteiger partial charge in [0.1, 0.15) is 5.75 Å². The van der Waals surface area contributed by atoms with Gasteiger partial charge in [0.2, 0.25) is 0 Å². The lowest BCUT2D eigenvalue weighted by Gasteiger charge is -2.14. The number of hydrogen-bond donors (Lipinski definition) is 1. The predicted octanol–water partition coefficient (Wildman–Crippen LogP) is 1.33. The Kier molecular flexibility index (Phi) is 3.09. The molecule has 14 heavy (non-hydrogen) atoms. The zero-order chi connectivity index (χ0) is 10.7. The van der Waals surface area contributed by atoms with E-state index in [0.29, 0.717) is 5.56 Å². The first kappa shape index (κ1) is 10.5. The minimum Gasteiger partial charge on any atom is -0.507 e. The normalized spacial score (nSPS) is 9.93. The average molecular weight is 195 g/mol. The first-order chi connectivity index (χ1) is 6.57. The minimum atomic E-state index is -0.367. The Morgan fingerprint density at radius 1 is 1.50 bits per heavy atom. The molecule has 1 amide bonds. The second-order valence-electron chi connectivity index (χ2n) is 2.96. The van der Waals surface area contributed by atoms with Gasteiger partial charge in [-0.25, -0.2) is 5.06 Å². The third-order valence-electron chi connectivity index (χ3n) is 2.03. The maximum absolute atomic E-state index is 11.6. The Bertz CT molecular complexity index is 349. The molecule has 1 rings (SSSR count). The summed E-state index contributed by atoms with van der Waals surface area (Å²) in [4.78, 5) is 16.3. The fraction of sp³-hybridized carbons (Fsp3) is 0.300. The highest BCUT2D eigenvalue weighted by Crippen LogP contribution is 2.22. The molecule has 1 aromatic rings. The van der Waals surface area contributed by atoms with Crippen molar-refractivity contribution in [2.45, 2.75) is 6.92 Å². The molecule has 4 heteroatoms. The van der Waals surface area contributed by atoms with Crippen molar-refractivity contribution in [1.29, 1.82) is 0 Å². The van der Waals surface area contributed by atoms with Crippen LogP contribution >= 0.6 is 0 Å². The van der Waals surface area contributed by atoms with E-state index in [-0.39, 0.29) is 17.2 Å². The van der Waals surface area contributed by atoms with Gasteiger partial charge in [0.15, 0.2) is 0 Å². The first-order valence-electron chi connectivity index (χ1n) is 4.18. The molecule has 0 heterocycles. The van der Waals surface area contributed by atoms with E-state index in [2.05, 4.69) is 0 Å². The lowest BCUT2D eigenvalue weighted by Crippen LogP contribution is -2.25. The lowest BCUT2D eigenvalue weighted by molar-refractivity contribution is -0.0758. The van der Waals surface area contributed by atoms with E-state index in [4.69, 9.17) is 4.84 Å². The van der Waals surface area contributed by atoms with Crippen molar-refractivity contribution < 1.29 is 14.7 Å². The predicted molar refractivity (Wildman–Crippen MR) is 51.9 cm³/mol. The molecular formula is C10H13NO3. The molecule has 0 fully saturated rings. The second-order valence-corrected chi connectivity index (χ2v) is 2.96. The van der Waals surface area contributed by atoms with Crippen LogP contribution in [0.5, 0.6) is 5.75 Å². The van der Waals surface area contributed by atoms with Gasteiger partial charge in [0.25, 0.3) is 5.91 Å². The highest BCUT2D eigenvalue weighted by molar-refractivity contribution is 5.96. The molecular weight excluding hydrogens is 182 g/mol. The first-order valence-corrected chi connectivity index (χ1v) is 4.18. The molecule has 0 aliphatic heterocycles. The van der Waals surface area contributed by atoms with E-state index in [9.17, 15) is 9.90 Å². The summed E-state index contributed by atoms with van der Waals surface area (Å²) >= 11 is 0. The quantitative estimate of drug-likeness (QED) is 0.724. The van der Waals surface area contributed by atoms with Gasteiger partial charge in [-0.1, -0.05) is 12.1 Å². The number of amides is 1. The number of aryl methyl sites for hydroxylation is 1. The van der Waals surface area contributed by atoms with Crippen LogP contribution in [0.1, 0.15) is 15.9 Å². The van der Waals surface area contributed by atoms with E-state index in [0.717, 1.165) is 5.06 Å². The monoisotopic (exact) mass is 195 g/mol. The number of nitrogens with zero attached hydrogens (tertiary/aromatic N) is 1. The van der Waals surface area contributed by atoms with Crippen molar-refractivity contribution in [1.82, 2.24) is 5.06 Å². The molecule has 0 unspecified atom stereocenters. The number of hydrogen-bond acceptors (Lipinski definition) is 3. The molecule has 0 aliphatic rings. The van der Waals surface area contributed by atoms with Gasteiger partial charge in [-0.2, -0.15) is 0 Å². The van der Waals surface area contributed by atoms with Gasteiger partial charge >= 0.3 is 0 Å². The zero-order valence-corrected chi connectivity index (χ0v) is 8.44. The van der Waals surface area contributed by atoms with Gasteiger partial charge in [0, 0.05) is 7.05 Å². The maximum Gasteiger partial charge on any atom is 0.280 e. The number of aromatic hydroxyl groups is 1. The number of carbonyl (C=O) groups is 1. The minimum absolute atomic E-state index is 0.00130. The number of benzene rings is 1. The number of carbonyl (C=O) groups excluding carboxylic acids is 1. The van der Waals surface area contributed by atoms with Crippen LogP contribution in [-0.2, 0) is 4.84 Å². The van der Waals surface area contributed by atoms with E-state index in [1.807, 2.05) is 0 Å². The van der Waals surface area contributed by atoms with E-state index < -0.39 is 0 Å². The Hall–Kier alpha value is -1.55.